The van der Waals surface area contributed by atoms with Crippen LogP contribution in [0.1, 0.15) is 39.5 Å². The molecule has 2 atom stereocenters. The maximum Gasteiger partial charge on any atom is 0.237 e. The monoisotopic (exact) mass is 202 g/mol. The fourth-order valence-electron chi connectivity index (χ4n) is 1.28. The highest BCUT2D eigenvalue weighted by molar-refractivity contribution is 5.81. The predicted molar refractivity (Wildman–Crippen MR) is 56.8 cm³/mol. The molecular weight excluding hydrogens is 180 g/mol. The summed E-state index contributed by atoms with van der Waals surface area (Å²) in [5.41, 5.74) is 5.65. The molecule has 0 aliphatic rings. The molecule has 0 fully saturated rings. The van der Waals surface area contributed by atoms with Crippen molar-refractivity contribution in [1.29, 1.82) is 0 Å². The molecule has 1 unspecified atom stereocenters. The van der Waals surface area contributed by atoms with Crippen LogP contribution in [0.25, 0.3) is 0 Å². The van der Waals surface area contributed by atoms with Crippen molar-refractivity contribution in [2.45, 2.75) is 51.6 Å². The third kappa shape index (κ3) is 5.19. The first-order valence-corrected chi connectivity index (χ1v) is 5.32. The number of rotatable bonds is 7. The number of aliphatic hydroxyl groups is 1. The highest BCUT2D eigenvalue weighted by Crippen LogP contribution is 1.99. The van der Waals surface area contributed by atoms with Gasteiger partial charge in [0.05, 0.1) is 6.04 Å². The average molecular weight is 202 g/mol. The van der Waals surface area contributed by atoms with Gasteiger partial charge in [0.15, 0.2) is 0 Å². The molecule has 1 amide bonds. The Morgan fingerprint density at radius 3 is 2.50 bits per heavy atom. The second-order valence-corrected chi connectivity index (χ2v) is 3.52. The largest absolute Gasteiger partial charge is 0.396 e. The predicted octanol–water partition coefficient (Wildman–Crippen LogP) is 0.391. The van der Waals surface area contributed by atoms with Crippen molar-refractivity contribution in [2.75, 3.05) is 6.61 Å². The third-order valence-electron chi connectivity index (χ3n) is 2.25. The lowest BCUT2D eigenvalue weighted by atomic mass is 10.1. The number of nitrogens with one attached hydrogen (secondary N) is 1. The second-order valence-electron chi connectivity index (χ2n) is 3.52. The molecule has 4 nitrogen and oxygen atoms in total. The van der Waals surface area contributed by atoms with Crippen LogP contribution in [0.3, 0.4) is 0 Å². The number of aliphatic hydroxyl groups excluding tert-OH is 1. The van der Waals surface area contributed by atoms with Crippen LogP contribution in [-0.2, 0) is 4.79 Å². The molecule has 0 heterocycles. The van der Waals surface area contributed by atoms with Gasteiger partial charge in [0.2, 0.25) is 5.91 Å². The molecular formula is C10H22N2O2. The molecule has 0 aromatic rings. The molecule has 4 N–H and O–H groups in total. The van der Waals surface area contributed by atoms with Gasteiger partial charge in [-0.2, -0.15) is 0 Å². The maximum absolute atomic E-state index is 11.5. The molecule has 0 saturated carbocycles. The van der Waals surface area contributed by atoms with E-state index in [9.17, 15) is 4.79 Å². The molecule has 84 valence electrons. The van der Waals surface area contributed by atoms with Crippen molar-refractivity contribution in [3.05, 3.63) is 0 Å². The Balaban J connectivity index is 3.88. The quantitative estimate of drug-likeness (QED) is 0.559. The van der Waals surface area contributed by atoms with Crippen LogP contribution in [0.5, 0.6) is 0 Å². The summed E-state index contributed by atoms with van der Waals surface area (Å²) in [4.78, 5) is 11.5. The average Bonchev–Trinajstić information content (AvgIpc) is 2.17. The highest BCUT2D eigenvalue weighted by Gasteiger charge is 2.15. The Morgan fingerprint density at radius 2 is 2.07 bits per heavy atom. The summed E-state index contributed by atoms with van der Waals surface area (Å²) in [5.74, 6) is -0.104. The molecule has 0 aliphatic heterocycles. The van der Waals surface area contributed by atoms with Crippen molar-refractivity contribution in [3.63, 3.8) is 0 Å². The first kappa shape index (κ1) is 13.4. The Hall–Kier alpha value is -0.610. The maximum atomic E-state index is 11.5. The van der Waals surface area contributed by atoms with Gasteiger partial charge in [0.1, 0.15) is 0 Å². The van der Waals surface area contributed by atoms with E-state index in [0.29, 0.717) is 12.8 Å². The van der Waals surface area contributed by atoms with Crippen LogP contribution < -0.4 is 11.1 Å². The number of hydrogen-bond donors (Lipinski definition) is 3. The fourth-order valence-corrected chi connectivity index (χ4v) is 1.28. The first-order chi connectivity index (χ1) is 6.65. The fraction of sp³-hybridized carbons (Fsp3) is 0.900. The Kier molecular flexibility index (Phi) is 7.42. The molecule has 0 bridgehead atoms. The Labute approximate surface area is 85.9 Å². The highest BCUT2D eigenvalue weighted by atomic mass is 16.3. The number of nitrogens with two attached hydrogens (primary N) is 1. The molecule has 0 aromatic carbocycles. The molecule has 0 rings (SSSR count). The lowest BCUT2D eigenvalue weighted by Crippen LogP contribution is -2.45. The van der Waals surface area contributed by atoms with Gasteiger partial charge in [-0.05, 0) is 19.3 Å². The minimum Gasteiger partial charge on any atom is -0.396 e. The van der Waals surface area contributed by atoms with Crippen LogP contribution in [0.2, 0.25) is 0 Å². The number of carbonyl (C=O) groups is 1. The zero-order chi connectivity index (χ0) is 11.0. The number of hydrogen-bond acceptors (Lipinski definition) is 3. The van der Waals surface area contributed by atoms with Crippen molar-refractivity contribution < 1.29 is 9.90 Å². The second kappa shape index (κ2) is 7.76. The van der Waals surface area contributed by atoms with E-state index in [1.807, 2.05) is 13.8 Å². The minimum atomic E-state index is -0.409. The Morgan fingerprint density at radius 1 is 1.43 bits per heavy atom. The van der Waals surface area contributed by atoms with Crippen LogP contribution in [0.4, 0.5) is 0 Å². The van der Waals surface area contributed by atoms with Gasteiger partial charge >= 0.3 is 0 Å². The first-order valence-electron chi connectivity index (χ1n) is 5.32. The van der Waals surface area contributed by atoms with Crippen LogP contribution in [0.15, 0.2) is 0 Å². The molecule has 14 heavy (non-hydrogen) atoms. The Bertz CT molecular complexity index is 162. The summed E-state index contributed by atoms with van der Waals surface area (Å²) in [6, 6.07) is -0.358. The zero-order valence-corrected chi connectivity index (χ0v) is 9.12. The van der Waals surface area contributed by atoms with E-state index in [-0.39, 0.29) is 18.6 Å². The lowest BCUT2D eigenvalue weighted by molar-refractivity contribution is -0.123. The lowest BCUT2D eigenvalue weighted by Gasteiger charge is -2.18. The minimum absolute atomic E-state index is 0.0513. The summed E-state index contributed by atoms with van der Waals surface area (Å²) >= 11 is 0. The van der Waals surface area contributed by atoms with Crippen LogP contribution in [0, 0.1) is 0 Å². The zero-order valence-electron chi connectivity index (χ0n) is 9.12. The smallest absolute Gasteiger partial charge is 0.237 e. The van der Waals surface area contributed by atoms with Gasteiger partial charge in [0.25, 0.3) is 0 Å². The van der Waals surface area contributed by atoms with Crippen molar-refractivity contribution in [2.24, 2.45) is 5.73 Å². The van der Waals surface area contributed by atoms with Crippen molar-refractivity contribution in [1.82, 2.24) is 5.32 Å². The molecule has 0 radical (unpaired) electrons. The normalized spacial score (nSPS) is 14.9. The molecule has 0 spiro atoms. The molecule has 0 aliphatic carbocycles. The van der Waals surface area contributed by atoms with E-state index in [1.54, 1.807) is 0 Å². The van der Waals surface area contributed by atoms with Gasteiger partial charge in [-0.25, -0.2) is 0 Å². The van der Waals surface area contributed by atoms with E-state index in [0.717, 1.165) is 12.8 Å². The van der Waals surface area contributed by atoms with E-state index < -0.39 is 6.04 Å². The van der Waals surface area contributed by atoms with Gasteiger partial charge < -0.3 is 16.2 Å². The number of amides is 1. The van der Waals surface area contributed by atoms with Crippen LogP contribution in [-0.4, -0.2) is 29.7 Å². The standard InChI is InChI=1S/C10H22N2O2/c1-3-5-9(11)10(14)12-8(4-2)6-7-13/h8-9,13H,3-7,11H2,1-2H3,(H,12,14)/t8?,9-/m1/s1. The van der Waals surface area contributed by atoms with Gasteiger partial charge in [-0.1, -0.05) is 20.3 Å². The summed E-state index contributed by atoms with van der Waals surface area (Å²) < 4.78 is 0. The van der Waals surface area contributed by atoms with Gasteiger partial charge in [-0.3, -0.25) is 4.79 Å². The van der Waals surface area contributed by atoms with E-state index in [1.165, 1.54) is 0 Å². The molecule has 4 heteroatoms. The third-order valence-corrected chi connectivity index (χ3v) is 2.25. The summed E-state index contributed by atoms with van der Waals surface area (Å²) in [7, 11) is 0. The SMILES string of the molecule is CCC[C@@H](N)C(=O)NC(CC)CCO. The van der Waals surface area contributed by atoms with E-state index >= 15 is 0 Å². The summed E-state index contributed by atoms with van der Waals surface area (Å²) in [6.45, 7) is 4.08. The van der Waals surface area contributed by atoms with Gasteiger partial charge in [0, 0.05) is 12.6 Å². The van der Waals surface area contributed by atoms with Crippen LogP contribution >= 0.6 is 0 Å². The summed E-state index contributed by atoms with van der Waals surface area (Å²) in [6.07, 6.45) is 3.04. The van der Waals surface area contributed by atoms with Crippen molar-refractivity contribution >= 4 is 5.91 Å². The molecule has 0 saturated heterocycles. The van der Waals surface area contributed by atoms with E-state index in [4.69, 9.17) is 10.8 Å². The van der Waals surface area contributed by atoms with E-state index in [2.05, 4.69) is 5.32 Å². The topological polar surface area (TPSA) is 75.4 Å². The number of carbonyl (C=O) groups excluding carboxylic acids is 1. The molecule has 0 aromatic heterocycles. The summed E-state index contributed by atoms with van der Waals surface area (Å²) in [5, 5.41) is 11.6. The van der Waals surface area contributed by atoms with Crippen molar-refractivity contribution in [3.8, 4) is 0 Å². The van der Waals surface area contributed by atoms with Gasteiger partial charge in [-0.15, -0.1) is 0 Å².